The summed E-state index contributed by atoms with van der Waals surface area (Å²) in [6, 6.07) is 22.4. The van der Waals surface area contributed by atoms with Crippen LogP contribution in [-0.4, -0.2) is 155 Å². The van der Waals surface area contributed by atoms with Gasteiger partial charge in [0.25, 0.3) is 11.8 Å². The number of amides is 6. The molecule has 2 aromatic heterocycles. The number of nitrogens with one attached hydrogen (secondary N) is 6. The Kier molecular flexibility index (Phi) is 24.4. The van der Waals surface area contributed by atoms with Crippen LogP contribution < -0.4 is 31.5 Å². The summed E-state index contributed by atoms with van der Waals surface area (Å²) in [4.78, 5) is 121. The number of aliphatic imine (C=N–C) groups is 1. The second-order valence-corrected chi connectivity index (χ2v) is 28.1. The number of pyridine rings is 1. The molecule has 0 bridgehead atoms. The van der Waals surface area contributed by atoms with E-state index in [0.29, 0.717) is 103 Å². The van der Waals surface area contributed by atoms with E-state index in [1.54, 1.807) is 74.3 Å². The fraction of sp³-hybridized carbons (Fsp3) is 0.465. The van der Waals surface area contributed by atoms with E-state index < -0.39 is 35.9 Å². The number of aliphatic carboxylic acids is 1. The number of rotatable bonds is 31. The van der Waals surface area contributed by atoms with Gasteiger partial charge < -0.3 is 56.2 Å². The third-order valence-electron chi connectivity index (χ3n) is 17.5. The Balaban J connectivity index is 0.823. The second-order valence-electron chi connectivity index (χ2n) is 27.1. The van der Waals surface area contributed by atoms with Gasteiger partial charge in [0.2, 0.25) is 17.7 Å². The number of unbranched alkanes of at least 4 members (excludes halogenated alkanes) is 2. The Bertz CT molecular complexity index is 3770. The van der Waals surface area contributed by atoms with E-state index in [9.17, 15) is 48.6 Å². The third-order valence-corrected chi connectivity index (χ3v) is 18.5. The first kappa shape index (κ1) is 72.5. The van der Waals surface area contributed by atoms with Crippen molar-refractivity contribution in [1.82, 2.24) is 35.7 Å². The van der Waals surface area contributed by atoms with E-state index in [1.165, 1.54) is 22.3 Å². The van der Waals surface area contributed by atoms with Crippen LogP contribution in [0.5, 0.6) is 0 Å². The molecule has 4 unspecified atom stereocenters. The predicted octanol–water partition coefficient (Wildman–Crippen LogP) is 10.1. The monoisotopic (exact) mass is 1330 g/mol. The molecular formula is C71H90N12O12S. The maximum atomic E-state index is 13.8. The summed E-state index contributed by atoms with van der Waals surface area (Å²) in [7, 11) is 1.62. The van der Waals surface area contributed by atoms with E-state index in [0.717, 1.165) is 40.4 Å². The summed E-state index contributed by atoms with van der Waals surface area (Å²) in [6.07, 6.45) is 7.85. The number of allylic oxidation sites excluding steroid dienone is 2. The van der Waals surface area contributed by atoms with E-state index in [2.05, 4.69) is 76.2 Å². The molecule has 2 aliphatic heterocycles. The topological polar surface area (TPSA) is 327 Å². The number of anilines is 3. The zero-order valence-electron chi connectivity index (χ0n) is 56.3. The van der Waals surface area contributed by atoms with Crippen molar-refractivity contribution >= 4 is 103 Å². The molecule has 1 fully saturated rings. The molecule has 3 aromatic carbocycles. The van der Waals surface area contributed by atoms with Crippen molar-refractivity contribution in [2.24, 2.45) is 27.2 Å². The lowest BCUT2D eigenvalue weighted by Gasteiger charge is -2.38. The van der Waals surface area contributed by atoms with Gasteiger partial charge in [0, 0.05) is 93.1 Å². The van der Waals surface area contributed by atoms with Crippen LogP contribution in [0.15, 0.2) is 102 Å². The second kappa shape index (κ2) is 32.4. The number of carboxylic acid groups (broad SMARTS) is 2. The molecule has 4 heterocycles. The fourth-order valence-electron chi connectivity index (χ4n) is 13.2. The minimum absolute atomic E-state index is 0.0477. The average Bonchev–Trinajstić information content (AvgIpc) is 1.50. The SMILES string of the molecule is C/N=C1\C=CC(=O)N1CCCCCC(=O)NC(C(=O)NCC(=O)Nc1ccc(COC(=O)N(CCOC2CC(C)(CN/C(C)=C(\C=N)c3ccc(N4CCc5cccc(C(=O)Nc6nc7ccccc7s6)c5C4)nc3C(=O)O)CC2(C)CC(C)(C)C)CCC(=O)O)cc1)C(C)C. The first-order chi connectivity index (χ1) is 45.6. The predicted molar refractivity (Wildman–Crippen MR) is 370 cm³/mol. The standard InChI is InChI=1S/C71H90N12O12S/c1-44(2)62(79-58(84)20-11-10-14-31-83-56(73-9)27-28-60(83)86)65(90)74-38-59(85)76-48-23-21-46(22-24-48)40-95-68(93)81(33-30-61(87)88)34-35-94-55-36-70(7,42-71(55,8)41-69(4,5)6)43-75-45(3)51(37-72)49-25-26-57(78-63(49)66(91)92)82-32-29-47-16-15-17-50(52(47)39-82)64(89)80-67-77-53-18-12-13-19-54(53)96-67/h12-13,15-19,21-28,37,44,55,62,72,75H,10-11,14,20,29-36,38-43H2,1-9H3,(H,74,90)(H,76,85)(H,79,84)(H,87,88)(H,91,92)(H,77,80,89)/b51-45+,72-37?,73-56+. The van der Waals surface area contributed by atoms with Crippen molar-refractivity contribution in [2.75, 3.05) is 68.5 Å². The molecule has 0 saturated heterocycles. The lowest BCUT2D eigenvalue weighted by atomic mass is 9.71. The molecule has 5 aromatic rings. The number of carbonyl (C=O) groups excluding carboxylic acids is 6. The molecular weight excluding hydrogens is 1240 g/mol. The van der Waals surface area contributed by atoms with E-state index in [-0.39, 0.29) is 103 Å². The van der Waals surface area contributed by atoms with Gasteiger partial charge in [0.05, 0.1) is 35.9 Å². The molecule has 25 heteroatoms. The molecule has 0 spiro atoms. The van der Waals surface area contributed by atoms with Gasteiger partial charge in [-0.3, -0.25) is 44.0 Å². The van der Waals surface area contributed by atoms with Gasteiger partial charge in [-0.15, -0.1) is 0 Å². The Labute approximate surface area is 564 Å². The molecule has 1 saturated carbocycles. The van der Waals surface area contributed by atoms with Crippen LogP contribution in [-0.2, 0) is 53.0 Å². The van der Waals surface area contributed by atoms with Gasteiger partial charge in [-0.25, -0.2) is 19.6 Å². The first-order valence-corrected chi connectivity index (χ1v) is 33.4. The third kappa shape index (κ3) is 19.4. The molecule has 3 aliphatic rings. The number of carboxylic acids is 2. The van der Waals surface area contributed by atoms with Gasteiger partial charge in [0.15, 0.2) is 10.8 Å². The normalized spacial score (nSPS) is 18.6. The molecule has 96 heavy (non-hydrogen) atoms. The Morgan fingerprint density at radius 1 is 0.885 bits per heavy atom. The number of ether oxygens (including phenoxy) is 2. The summed E-state index contributed by atoms with van der Waals surface area (Å²) in [5.74, 6) is -3.29. The van der Waals surface area contributed by atoms with Gasteiger partial charge in [0.1, 0.15) is 24.3 Å². The Hall–Kier alpha value is -9.36. The number of amidine groups is 1. The maximum absolute atomic E-state index is 13.8. The number of thiazole rings is 1. The number of hydrogen-bond donors (Lipinski definition) is 8. The van der Waals surface area contributed by atoms with Gasteiger partial charge >= 0.3 is 18.0 Å². The van der Waals surface area contributed by atoms with Crippen molar-refractivity contribution in [3.05, 3.63) is 130 Å². The minimum atomic E-state index is -1.25. The van der Waals surface area contributed by atoms with Crippen LogP contribution in [0.25, 0.3) is 15.8 Å². The lowest BCUT2D eigenvalue weighted by molar-refractivity contribution is -0.137. The fourth-order valence-corrected chi connectivity index (χ4v) is 14.0. The number of hydrogen-bond acceptors (Lipinski definition) is 17. The van der Waals surface area contributed by atoms with Crippen LogP contribution in [0.4, 0.5) is 21.4 Å². The lowest BCUT2D eigenvalue weighted by Crippen LogP contribution is -2.51. The molecule has 512 valence electrons. The quantitative estimate of drug-likeness (QED) is 0.0151. The summed E-state index contributed by atoms with van der Waals surface area (Å²) in [5.41, 5.74) is 4.36. The van der Waals surface area contributed by atoms with Crippen molar-refractivity contribution < 1.29 is 58.0 Å². The highest BCUT2D eigenvalue weighted by atomic mass is 32.1. The number of aromatic nitrogens is 2. The van der Waals surface area contributed by atoms with E-state index in [1.807, 2.05) is 48.2 Å². The van der Waals surface area contributed by atoms with Crippen molar-refractivity contribution in [3.63, 3.8) is 0 Å². The number of aromatic carboxylic acids is 1. The van der Waals surface area contributed by atoms with Crippen LogP contribution in [0.2, 0.25) is 0 Å². The van der Waals surface area contributed by atoms with E-state index >= 15 is 0 Å². The first-order valence-electron chi connectivity index (χ1n) is 32.5. The van der Waals surface area contributed by atoms with Crippen molar-refractivity contribution in [2.45, 2.75) is 138 Å². The maximum Gasteiger partial charge on any atom is 0.410 e. The number of para-hydroxylation sites is 1. The van der Waals surface area contributed by atoms with Crippen molar-refractivity contribution in [1.29, 1.82) is 5.41 Å². The zero-order valence-corrected chi connectivity index (χ0v) is 57.1. The minimum Gasteiger partial charge on any atom is -0.481 e. The Morgan fingerprint density at radius 2 is 1.65 bits per heavy atom. The van der Waals surface area contributed by atoms with Crippen molar-refractivity contribution in [3.8, 4) is 0 Å². The molecule has 24 nitrogen and oxygen atoms in total. The molecule has 6 amide bonds. The van der Waals surface area contributed by atoms with Crippen LogP contribution in [0.3, 0.4) is 0 Å². The summed E-state index contributed by atoms with van der Waals surface area (Å²) in [6.45, 7) is 17.6. The largest absolute Gasteiger partial charge is 0.481 e. The smallest absolute Gasteiger partial charge is 0.410 e. The highest BCUT2D eigenvalue weighted by Gasteiger charge is 2.51. The van der Waals surface area contributed by atoms with Crippen LogP contribution in [0, 0.1) is 27.6 Å². The summed E-state index contributed by atoms with van der Waals surface area (Å²) in [5, 5.41) is 44.0. The van der Waals surface area contributed by atoms with Gasteiger partial charge in [-0.1, -0.05) is 103 Å². The van der Waals surface area contributed by atoms with Crippen LogP contribution in [0.1, 0.15) is 150 Å². The van der Waals surface area contributed by atoms with E-state index in [4.69, 9.17) is 14.9 Å². The number of carbonyl (C=O) groups is 8. The van der Waals surface area contributed by atoms with Gasteiger partial charge in [-0.05, 0) is 133 Å². The molecule has 1 aliphatic carbocycles. The van der Waals surface area contributed by atoms with Gasteiger partial charge in [-0.2, -0.15) is 0 Å². The number of fused-ring (bicyclic) bond motifs is 2. The summed E-state index contributed by atoms with van der Waals surface area (Å²) >= 11 is 1.39. The zero-order chi connectivity index (χ0) is 69.5. The summed E-state index contributed by atoms with van der Waals surface area (Å²) < 4.78 is 13.4. The highest BCUT2D eigenvalue weighted by molar-refractivity contribution is 7.22. The Morgan fingerprint density at radius 3 is 2.34 bits per heavy atom. The van der Waals surface area contributed by atoms with Crippen LogP contribution >= 0.6 is 11.3 Å². The number of benzene rings is 3. The molecule has 8 rings (SSSR count). The molecule has 8 N–H and O–H groups in total. The molecule has 0 radical (unpaired) electrons. The highest BCUT2D eigenvalue weighted by Crippen LogP contribution is 2.55. The molecule has 4 atom stereocenters. The average molecular weight is 1340 g/mol. The number of nitrogens with zero attached hydrogens (tertiary/aromatic N) is 6.